The van der Waals surface area contributed by atoms with Gasteiger partial charge >= 0.3 is 17.9 Å². The minimum atomic E-state index is -0.723. The quantitative estimate of drug-likeness (QED) is 0.567. The van der Waals surface area contributed by atoms with E-state index in [0.29, 0.717) is 12.8 Å². The van der Waals surface area contributed by atoms with E-state index in [4.69, 9.17) is 19.9 Å². The summed E-state index contributed by atoms with van der Waals surface area (Å²) in [7, 11) is 2.45. The second kappa shape index (κ2) is 8.65. The summed E-state index contributed by atoms with van der Waals surface area (Å²) < 4.78 is 15.2. The average molecular weight is 417 g/mol. The monoisotopic (exact) mass is 417 g/mol. The molecule has 1 aromatic heterocycles. The molecule has 1 fully saturated rings. The number of rotatable bonds is 6. The van der Waals surface area contributed by atoms with Gasteiger partial charge in [0.2, 0.25) is 0 Å². The molecule has 1 saturated carbocycles. The molecule has 1 aliphatic rings. The lowest BCUT2D eigenvalue weighted by atomic mass is 9.79. The van der Waals surface area contributed by atoms with E-state index in [2.05, 4.69) is 0 Å². The van der Waals surface area contributed by atoms with Gasteiger partial charge in [0.25, 0.3) is 0 Å². The van der Waals surface area contributed by atoms with Gasteiger partial charge in [0, 0.05) is 5.56 Å². The summed E-state index contributed by atoms with van der Waals surface area (Å²) in [5.41, 5.74) is 6.36. The van der Waals surface area contributed by atoms with Crippen LogP contribution in [-0.4, -0.2) is 32.1 Å². The lowest BCUT2D eigenvalue weighted by Gasteiger charge is -2.27. The van der Waals surface area contributed by atoms with Crippen molar-refractivity contribution in [1.82, 2.24) is 0 Å². The zero-order valence-electron chi connectivity index (χ0n) is 16.4. The maximum absolute atomic E-state index is 13.2. The molecule has 1 heterocycles. The van der Waals surface area contributed by atoms with Gasteiger partial charge in [-0.05, 0) is 18.4 Å². The third kappa shape index (κ3) is 3.85. The number of nitrogen functional groups attached to an aromatic ring is 1. The molecule has 8 heteroatoms. The van der Waals surface area contributed by atoms with E-state index in [1.54, 1.807) is 0 Å². The number of carbonyl (C=O) groups excluding carboxylic acids is 3. The fraction of sp³-hybridized carbons (Fsp3) is 0.381. The number of hydrogen-bond donors (Lipinski definition) is 1. The number of benzene rings is 1. The Kier molecular flexibility index (Phi) is 6.22. The summed E-state index contributed by atoms with van der Waals surface area (Å²) in [6.07, 6.45) is 3.23. The standard InChI is InChI=1S/C21H23NO6S/c1-26-18(23)15-14(16(19(24)27-2)29-17(15)22)12-28-20(25)21(10-6-7-11-21)13-8-4-3-5-9-13/h3-5,8-9H,6-7,10-12,22H2,1-2H3. The van der Waals surface area contributed by atoms with Gasteiger partial charge in [0.15, 0.2) is 0 Å². The van der Waals surface area contributed by atoms with Gasteiger partial charge in [-0.3, -0.25) is 4.79 Å². The number of thiophene rings is 1. The number of hydrogen-bond acceptors (Lipinski definition) is 8. The smallest absolute Gasteiger partial charge is 0.348 e. The molecule has 0 amide bonds. The number of ether oxygens (including phenoxy) is 3. The average Bonchev–Trinajstić information content (AvgIpc) is 3.37. The van der Waals surface area contributed by atoms with Crippen molar-refractivity contribution in [3.05, 3.63) is 51.9 Å². The van der Waals surface area contributed by atoms with Crippen molar-refractivity contribution < 1.29 is 28.6 Å². The second-order valence-electron chi connectivity index (χ2n) is 6.86. The van der Waals surface area contributed by atoms with Crippen LogP contribution in [0, 0.1) is 0 Å². The highest BCUT2D eigenvalue weighted by Gasteiger charge is 2.44. The van der Waals surface area contributed by atoms with E-state index in [0.717, 1.165) is 29.7 Å². The Morgan fingerprint density at radius 1 is 1.03 bits per heavy atom. The lowest BCUT2D eigenvalue weighted by molar-refractivity contribution is -0.152. The SMILES string of the molecule is COC(=O)c1sc(N)c(C(=O)OC)c1COC(=O)C1(c2ccccc2)CCCC1. The van der Waals surface area contributed by atoms with Crippen LogP contribution in [0.3, 0.4) is 0 Å². The fourth-order valence-electron chi connectivity index (χ4n) is 3.83. The number of methoxy groups -OCH3 is 2. The highest BCUT2D eigenvalue weighted by molar-refractivity contribution is 7.18. The first-order valence-corrected chi connectivity index (χ1v) is 10.1. The third-order valence-corrected chi connectivity index (χ3v) is 6.36. The van der Waals surface area contributed by atoms with E-state index < -0.39 is 17.4 Å². The van der Waals surface area contributed by atoms with Crippen LogP contribution in [-0.2, 0) is 31.0 Å². The largest absolute Gasteiger partial charge is 0.465 e. The Morgan fingerprint density at radius 2 is 1.66 bits per heavy atom. The van der Waals surface area contributed by atoms with Crippen molar-refractivity contribution in [3.8, 4) is 0 Å². The van der Waals surface area contributed by atoms with Crippen LogP contribution < -0.4 is 5.73 Å². The molecule has 0 radical (unpaired) electrons. The second-order valence-corrected chi connectivity index (χ2v) is 7.92. The molecule has 3 rings (SSSR count). The van der Waals surface area contributed by atoms with Crippen molar-refractivity contribution in [2.75, 3.05) is 20.0 Å². The Balaban J connectivity index is 1.91. The van der Waals surface area contributed by atoms with Crippen LogP contribution >= 0.6 is 11.3 Å². The van der Waals surface area contributed by atoms with Gasteiger partial charge in [-0.2, -0.15) is 0 Å². The van der Waals surface area contributed by atoms with Crippen LogP contribution in [0.5, 0.6) is 0 Å². The van der Waals surface area contributed by atoms with E-state index in [1.807, 2.05) is 30.3 Å². The molecule has 7 nitrogen and oxygen atoms in total. The maximum atomic E-state index is 13.2. The molecule has 0 saturated heterocycles. The summed E-state index contributed by atoms with van der Waals surface area (Å²) in [5.74, 6) is -1.72. The molecule has 0 atom stereocenters. The maximum Gasteiger partial charge on any atom is 0.348 e. The summed E-state index contributed by atoms with van der Waals surface area (Å²) in [5, 5.41) is 0.113. The molecule has 29 heavy (non-hydrogen) atoms. The first-order valence-electron chi connectivity index (χ1n) is 9.25. The number of carbonyl (C=O) groups is 3. The van der Waals surface area contributed by atoms with E-state index in [1.165, 1.54) is 14.2 Å². The van der Waals surface area contributed by atoms with Crippen molar-refractivity contribution >= 4 is 34.2 Å². The number of nitrogens with two attached hydrogens (primary N) is 1. The topological polar surface area (TPSA) is 105 Å². The highest BCUT2D eigenvalue weighted by Crippen LogP contribution is 2.42. The Bertz CT molecular complexity index is 915. The molecule has 0 aliphatic heterocycles. The number of esters is 3. The van der Waals surface area contributed by atoms with Gasteiger partial charge < -0.3 is 19.9 Å². The predicted octanol–water partition coefficient (Wildman–Crippen LogP) is 3.46. The summed E-state index contributed by atoms with van der Waals surface area (Å²) in [6.45, 7) is -0.268. The van der Waals surface area contributed by atoms with Gasteiger partial charge in [-0.15, -0.1) is 11.3 Å². The minimum absolute atomic E-state index is 0.0332. The Morgan fingerprint density at radius 3 is 2.24 bits per heavy atom. The molecule has 2 aromatic rings. The van der Waals surface area contributed by atoms with Gasteiger partial charge in [0.1, 0.15) is 22.0 Å². The molecule has 2 N–H and O–H groups in total. The first-order chi connectivity index (χ1) is 13.9. The first kappa shape index (κ1) is 20.9. The van der Waals surface area contributed by atoms with Crippen LogP contribution in [0.1, 0.15) is 56.8 Å². The molecule has 1 aromatic carbocycles. The molecular weight excluding hydrogens is 394 g/mol. The zero-order valence-corrected chi connectivity index (χ0v) is 17.2. The van der Waals surface area contributed by atoms with Crippen molar-refractivity contribution in [2.45, 2.75) is 37.7 Å². The lowest BCUT2D eigenvalue weighted by Crippen LogP contribution is -2.34. The third-order valence-electron chi connectivity index (χ3n) is 5.32. The molecule has 0 unspecified atom stereocenters. The molecule has 0 bridgehead atoms. The normalized spacial score (nSPS) is 15.0. The van der Waals surface area contributed by atoms with Crippen molar-refractivity contribution in [1.29, 1.82) is 0 Å². The van der Waals surface area contributed by atoms with E-state index in [9.17, 15) is 14.4 Å². The number of anilines is 1. The minimum Gasteiger partial charge on any atom is -0.465 e. The molecular formula is C21H23NO6S. The molecule has 1 aliphatic carbocycles. The van der Waals surface area contributed by atoms with E-state index in [-0.39, 0.29) is 33.6 Å². The van der Waals surface area contributed by atoms with Crippen LogP contribution in [0.2, 0.25) is 0 Å². The van der Waals surface area contributed by atoms with Crippen LogP contribution in [0.15, 0.2) is 30.3 Å². The van der Waals surface area contributed by atoms with Gasteiger partial charge in [-0.1, -0.05) is 43.2 Å². The van der Waals surface area contributed by atoms with Crippen molar-refractivity contribution in [2.24, 2.45) is 0 Å². The van der Waals surface area contributed by atoms with Gasteiger partial charge in [-0.25, -0.2) is 9.59 Å². The summed E-state index contributed by atoms with van der Waals surface area (Å²) in [4.78, 5) is 37.6. The zero-order chi connectivity index (χ0) is 21.0. The Hall–Kier alpha value is -2.87. The fourth-order valence-corrected chi connectivity index (χ4v) is 4.81. The van der Waals surface area contributed by atoms with Crippen LogP contribution in [0.25, 0.3) is 0 Å². The summed E-state index contributed by atoms with van der Waals surface area (Å²) in [6, 6.07) is 9.54. The highest BCUT2D eigenvalue weighted by atomic mass is 32.1. The van der Waals surface area contributed by atoms with Crippen molar-refractivity contribution in [3.63, 3.8) is 0 Å². The Labute approximate surface area is 172 Å². The van der Waals surface area contributed by atoms with Gasteiger partial charge in [0.05, 0.1) is 19.6 Å². The molecule has 154 valence electrons. The van der Waals surface area contributed by atoms with E-state index >= 15 is 0 Å². The molecule has 0 spiro atoms. The summed E-state index contributed by atoms with van der Waals surface area (Å²) >= 11 is 0.908. The van der Waals surface area contributed by atoms with Crippen LogP contribution in [0.4, 0.5) is 5.00 Å². The predicted molar refractivity (Wildman–Crippen MR) is 108 cm³/mol.